The normalized spacial score (nSPS) is 10.0. The molecule has 7 heteroatoms. The second-order valence-electron chi connectivity index (χ2n) is 4.34. The van der Waals surface area contributed by atoms with Crippen molar-refractivity contribution in [3.63, 3.8) is 0 Å². The molecule has 22 heavy (non-hydrogen) atoms. The molecule has 0 heterocycles. The number of rotatable bonds is 7. The van der Waals surface area contributed by atoms with Crippen molar-refractivity contribution in [2.75, 3.05) is 6.61 Å². The first-order chi connectivity index (χ1) is 10.6. The maximum Gasteiger partial charge on any atom is 0.341 e. The monoisotopic (exact) mass is 303 g/mol. The van der Waals surface area contributed by atoms with Gasteiger partial charge >= 0.3 is 11.7 Å². The highest BCUT2D eigenvalue weighted by Gasteiger charge is 2.16. The van der Waals surface area contributed by atoms with Crippen LogP contribution in [0.25, 0.3) is 0 Å². The lowest BCUT2D eigenvalue weighted by molar-refractivity contribution is -0.386. The minimum atomic E-state index is -1.13. The van der Waals surface area contributed by atoms with E-state index in [4.69, 9.17) is 14.6 Å². The number of nitro benzene ring substituents is 1. The van der Waals surface area contributed by atoms with Gasteiger partial charge < -0.3 is 14.6 Å². The maximum absolute atomic E-state index is 11.0. The SMILES string of the molecule is O=C(O)COc1ccc([N+](=O)[O-])c(OCc2ccccc2)c1. The van der Waals surface area contributed by atoms with Crippen molar-refractivity contribution in [2.24, 2.45) is 0 Å². The average Bonchev–Trinajstić information content (AvgIpc) is 2.51. The lowest BCUT2D eigenvalue weighted by atomic mass is 10.2. The minimum Gasteiger partial charge on any atom is -0.482 e. The summed E-state index contributed by atoms with van der Waals surface area (Å²) >= 11 is 0. The van der Waals surface area contributed by atoms with Crippen LogP contribution < -0.4 is 9.47 Å². The number of carboxylic acids is 1. The molecule has 0 radical (unpaired) electrons. The van der Waals surface area contributed by atoms with Gasteiger partial charge in [-0.05, 0) is 11.6 Å². The molecule has 0 aliphatic carbocycles. The van der Waals surface area contributed by atoms with Gasteiger partial charge in [0.15, 0.2) is 6.61 Å². The number of hydrogen-bond donors (Lipinski definition) is 1. The number of benzene rings is 2. The topological polar surface area (TPSA) is 98.9 Å². The maximum atomic E-state index is 11.0. The van der Waals surface area contributed by atoms with Gasteiger partial charge in [-0.3, -0.25) is 10.1 Å². The van der Waals surface area contributed by atoms with Crippen molar-refractivity contribution in [2.45, 2.75) is 6.61 Å². The molecule has 2 aromatic rings. The van der Waals surface area contributed by atoms with Crippen LogP contribution in [0.4, 0.5) is 5.69 Å². The fraction of sp³-hybridized carbons (Fsp3) is 0.133. The van der Waals surface area contributed by atoms with Crippen molar-refractivity contribution in [3.8, 4) is 11.5 Å². The molecule has 2 aromatic carbocycles. The summed E-state index contributed by atoms with van der Waals surface area (Å²) < 4.78 is 10.5. The Morgan fingerprint density at radius 3 is 2.50 bits per heavy atom. The number of carboxylic acid groups (broad SMARTS) is 1. The van der Waals surface area contributed by atoms with Crippen molar-refractivity contribution >= 4 is 11.7 Å². The number of ether oxygens (including phenoxy) is 2. The molecular weight excluding hydrogens is 290 g/mol. The molecule has 0 amide bonds. The zero-order valence-corrected chi connectivity index (χ0v) is 11.5. The minimum absolute atomic E-state index is 0.0248. The van der Waals surface area contributed by atoms with Gasteiger partial charge in [-0.2, -0.15) is 0 Å². The van der Waals surface area contributed by atoms with Crippen LogP contribution in [0.1, 0.15) is 5.56 Å². The first-order valence-electron chi connectivity index (χ1n) is 6.36. The van der Waals surface area contributed by atoms with E-state index in [2.05, 4.69) is 0 Å². The van der Waals surface area contributed by atoms with Crippen LogP contribution in [-0.2, 0) is 11.4 Å². The molecule has 2 rings (SSSR count). The summed E-state index contributed by atoms with van der Waals surface area (Å²) in [6.45, 7) is -0.375. The summed E-state index contributed by atoms with van der Waals surface area (Å²) in [5, 5.41) is 19.6. The van der Waals surface area contributed by atoms with Gasteiger partial charge in [0.25, 0.3) is 0 Å². The molecule has 0 bridgehead atoms. The Morgan fingerprint density at radius 2 is 1.86 bits per heavy atom. The van der Waals surface area contributed by atoms with Gasteiger partial charge in [0.05, 0.1) is 4.92 Å². The zero-order valence-electron chi connectivity index (χ0n) is 11.5. The Balaban J connectivity index is 2.16. The molecule has 0 aliphatic rings. The number of nitro groups is 1. The van der Waals surface area contributed by atoms with Crippen LogP contribution in [0.15, 0.2) is 48.5 Å². The van der Waals surface area contributed by atoms with E-state index in [1.807, 2.05) is 30.3 Å². The summed E-state index contributed by atoms with van der Waals surface area (Å²) in [4.78, 5) is 20.9. The van der Waals surface area contributed by atoms with E-state index in [1.165, 1.54) is 18.2 Å². The highest BCUT2D eigenvalue weighted by Crippen LogP contribution is 2.31. The molecule has 0 aliphatic heterocycles. The second-order valence-corrected chi connectivity index (χ2v) is 4.34. The highest BCUT2D eigenvalue weighted by molar-refractivity contribution is 5.68. The van der Waals surface area contributed by atoms with Crippen molar-refractivity contribution in [3.05, 3.63) is 64.2 Å². The van der Waals surface area contributed by atoms with E-state index in [9.17, 15) is 14.9 Å². The zero-order chi connectivity index (χ0) is 15.9. The van der Waals surface area contributed by atoms with E-state index >= 15 is 0 Å². The molecule has 0 saturated heterocycles. The number of nitrogens with zero attached hydrogens (tertiary/aromatic N) is 1. The first kappa shape index (κ1) is 15.3. The third-order valence-corrected chi connectivity index (χ3v) is 2.73. The molecule has 0 atom stereocenters. The lowest BCUT2D eigenvalue weighted by Crippen LogP contribution is -2.09. The van der Waals surface area contributed by atoms with Gasteiger partial charge in [0, 0.05) is 12.1 Å². The van der Waals surface area contributed by atoms with Gasteiger partial charge in [-0.25, -0.2) is 4.79 Å². The highest BCUT2D eigenvalue weighted by atomic mass is 16.6. The van der Waals surface area contributed by atoms with Crippen molar-refractivity contribution in [1.29, 1.82) is 0 Å². The van der Waals surface area contributed by atoms with E-state index in [1.54, 1.807) is 0 Å². The van der Waals surface area contributed by atoms with Crippen LogP contribution >= 0.6 is 0 Å². The Kier molecular flexibility index (Phi) is 4.92. The van der Waals surface area contributed by atoms with Crippen LogP contribution in [0.5, 0.6) is 11.5 Å². The Morgan fingerprint density at radius 1 is 1.14 bits per heavy atom. The Hall–Kier alpha value is -3.09. The second kappa shape index (κ2) is 7.07. The van der Waals surface area contributed by atoms with Crippen LogP contribution in [-0.4, -0.2) is 22.6 Å². The fourth-order valence-electron chi connectivity index (χ4n) is 1.73. The van der Waals surface area contributed by atoms with Gasteiger partial charge in [-0.15, -0.1) is 0 Å². The van der Waals surface area contributed by atoms with Crippen molar-refractivity contribution < 1.29 is 24.3 Å². The summed E-state index contributed by atoms with van der Waals surface area (Å²) in [5.74, 6) is -0.919. The van der Waals surface area contributed by atoms with Crippen LogP contribution in [0.3, 0.4) is 0 Å². The predicted molar refractivity (Wildman–Crippen MR) is 77.0 cm³/mol. The number of carbonyl (C=O) groups is 1. The van der Waals surface area contributed by atoms with E-state index in [-0.39, 0.29) is 23.8 Å². The van der Waals surface area contributed by atoms with E-state index in [0.29, 0.717) is 0 Å². The molecular formula is C15H13NO6. The first-order valence-corrected chi connectivity index (χ1v) is 6.36. The fourth-order valence-corrected chi connectivity index (χ4v) is 1.73. The molecule has 0 unspecified atom stereocenters. The Labute approximate surface area is 125 Å². The van der Waals surface area contributed by atoms with Crippen LogP contribution in [0, 0.1) is 10.1 Å². The molecule has 0 fully saturated rings. The van der Waals surface area contributed by atoms with Crippen LogP contribution in [0.2, 0.25) is 0 Å². The third kappa shape index (κ3) is 4.20. The smallest absolute Gasteiger partial charge is 0.341 e. The van der Waals surface area contributed by atoms with Gasteiger partial charge in [-0.1, -0.05) is 30.3 Å². The number of hydrogen-bond acceptors (Lipinski definition) is 5. The quantitative estimate of drug-likeness (QED) is 0.623. The molecule has 7 nitrogen and oxygen atoms in total. The van der Waals surface area contributed by atoms with Gasteiger partial charge in [0.2, 0.25) is 5.75 Å². The third-order valence-electron chi connectivity index (χ3n) is 2.73. The van der Waals surface area contributed by atoms with E-state index in [0.717, 1.165) is 5.56 Å². The number of aliphatic carboxylic acids is 1. The summed E-state index contributed by atoms with van der Waals surface area (Å²) in [6.07, 6.45) is 0. The van der Waals surface area contributed by atoms with Gasteiger partial charge in [0.1, 0.15) is 12.4 Å². The Bertz CT molecular complexity index is 671. The average molecular weight is 303 g/mol. The lowest BCUT2D eigenvalue weighted by Gasteiger charge is -2.09. The van der Waals surface area contributed by atoms with E-state index < -0.39 is 17.5 Å². The molecule has 1 N–H and O–H groups in total. The summed E-state index contributed by atoms with van der Waals surface area (Å²) in [5.41, 5.74) is 0.646. The molecule has 0 spiro atoms. The molecule has 0 aromatic heterocycles. The summed E-state index contributed by atoms with van der Waals surface area (Å²) in [6, 6.07) is 13.0. The molecule has 114 valence electrons. The molecule has 0 saturated carbocycles. The van der Waals surface area contributed by atoms with Crippen molar-refractivity contribution in [1.82, 2.24) is 0 Å². The predicted octanol–water partition coefficient (Wildman–Crippen LogP) is 2.64. The largest absolute Gasteiger partial charge is 0.482 e. The summed E-state index contributed by atoms with van der Waals surface area (Å²) in [7, 11) is 0. The standard InChI is InChI=1S/C15H13NO6/c17-15(18)10-21-12-6-7-13(16(19)20)14(8-12)22-9-11-4-2-1-3-5-11/h1-8H,9-10H2,(H,17,18).